The van der Waals surface area contributed by atoms with Gasteiger partial charge in [0.15, 0.2) is 0 Å². The number of carboxylic acid groups (broad SMARTS) is 1. The molecule has 0 radical (unpaired) electrons. The summed E-state index contributed by atoms with van der Waals surface area (Å²) in [4.78, 5) is 22.5. The molecular formula is C12H14FNO3. The van der Waals surface area contributed by atoms with Gasteiger partial charge in [-0.2, -0.15) is 0 Å². The van der Waals surface area contributed by atoms with E-state index >= 15 is 0 Å². The molecule has 0 bridgehead atoms. The molecule has 0 unspecified atom stereocenters. The number of hydrogen-bond acceptors (Lipinski definition) is 2. The first-order valence-corrected chi connectivity index (χ1v) is 5.25. The van der Waals surface area contributed by atoms with Crippen molar-refractivity contribution < 1.29 is 19.1 Å². The second-order valence-corrected chi connectivity index (χ2v) is 3.73. The molecule has 1 aromatic carbocycles. The van der Waals surface area contributed by atoms with Crippen LogP contribution in [0.1, 0.15) is 29.3 Å². The van der Waals surface area contributed by atoms with Gasteiger partial charge < -0.3 is 10.4 Å². The minimum absolute atomic E-state index is 0.157. The predicted molar refractivity (Wildman–Crippen MR) is 60.3 cm³/mol. The maximum absolute atomic E-state index is 13.0. The lowest BCUT2D eigenvalue weighted by atomic mass is 10.1. The highest BCUT2D eigenvalue weighted by Crippen LogP contribution is 2.10. The third-order valence-corrected chi connectivity index (χ3v) is 2.46. The molecule has 4 nitrogen and oxygen atoms in total. The molecule has 0 fully saturated rings. The second-order valence-electron chi connectivity index (χ2n) is 3.73. The van der Waals surface area contributed by atoms with E-state index in [0.29, 0.717) is 5.56 Å². The average molecular weight is 239 g/mol. The lowest BCUT2D eigenvalue weighted by molar-refractivity contribution is -0.139. The molecule has 1 amide bonds. The zero-order valence-electron chi connectivity index (χ0n) is 9.66. The third kappa shape index (κ3) is 3.27. The Kier molecular flexibility index (Phi) is 4.20. The summed E-state index contributed by atoms with van der Waals surface area (Å²) in [5, 5.41) is 11.1. The Morgan fingerprint density at radius 2 is 2.12 bits per heavy atom. The number of rotatable bonds is 4. The topological polar surface area (TPSA) is 66.4 Å². The van der Waals surface area contributed by atoms with Gasteiger partial charge in [0.2, 0.25) is 0 Å². The monoisotopic (exact) mass is 239 g/mol. The van der Waals surface area contributed by atoms with Crippen LogP contribution in [0.4, 0.5) is 4.39 Å². The molecule has 0 aromatic heterocycles. The molecule has 0 heterocycles. The molecule has 2 N–H and O–H groups in total. The van der Waals surface area contributed by atoms with Crippen LogP contribution < -0.4 is 5.32 Å². The Hall–Kier alpha value is -1.91. The van der Waals surface area contributed by atoms with Crippen LogP contribution in [0.25, 0.3) is 0 Å². The fraction of sp³-hybridized carbons (Fsp3) is 0.333. The van der Waals surface area contributed by atoms with Crippen molar-refractivity contribution >= 4 is 11.9 Å². The van der Waals surface area contributed by atoms with Gasteiger partial charge in [0.1, 0.15) is 11.9 Å². The first-order chi connectivity index (χ1) is 7.95. The molecule has 92 valence electrons. The maximum Gasteiger partial charge on any atom is 0.326 e. The van der Waals surface area contributed by atoms with E-state index in [2.05, 4.69) is 5.32 Å². The molecule has 1 rings (SSSR count). The minimum Gasteiger partial charge on any atom is -0.480 e. The molecule has 5 heteroatoms. The van der Waals surface area contributed by atoms with E-state index in [9.17, 15) is 14.0 Å². The van der Waals surface area contributed by atoms with Crippen LogP contribution in [0.15, 0.2) is 18.2 Å². The van der Waals surface area contributed by atoms with Gasteiger partial charge >= 0.3 is 5.97 Å². The number of halogens is 1. The van der Waals surface area contributed by atoms with Crippen LogP contribution in [-0.4, -0.2) is 23.0 Å². The highest BCUT2D eigenvalue weighted by Gasteiger charge is 2.19. The van der Waals surface area contributed by atoms with E-state index in [4.69, 9.17) is 5.11 Å². The van der Waals surface area contributed by atoms with Gasteiger partial charge in [-0.25, -0.2) is 9.18 Å². The lowest BCUT2D eigenvalue weighted by Crippen LogP contribution is -2.40. The predicted octanol–water partition coefficient (Wildman–Crippen LogP) is 1.73. The maximum atomic E-state index is 13.0. The van der Waals surface area contributed by atoms with Crippen molar-refractivity contribution in [2.75, 3.05) is 0 Å². The summed E-state index contributed by atoms with van der Waals surface area (Å²) in [6, 6.07) is 2.87. The largest absolute Gasteiger partial charge is 0.480 e. The summed E-state index contributed by atoms with van der Waals surface area (Å²) in [5.41, 5.74) is 0.758. The fourth-order valence-corrected chi connectivity index (χ4v) is 1.41. The number of benzene rings is 1. The molecule has 0 spiro atoms. The summed E-state index contributed by atoms with van der Waals surface area (Å²) in [6.45, 7) is 3.31. The Bertz CT molecular complexity index is 445. The molecular weight excluding hydrogens is 225 g/mol. The minimum atomic E-state index is -1.10. The summed E-state index contributed by atoms with van der Waals surface area (Å²) < 4.78 is 13.0. The number of carboxylic acids is 1. The number of nitrogens with one attached hydrogen (secondary N) is 1. The highest BCUT2D eigenvalue weighted by molar-refractivity contribution is 5.97. The smallest absolute Gasteiger partial charge is 0.326 e. The lowest BCUT2D eigenvalue weighted by Gasteiger charge is -2.13. The molecule has 0 aliphatic carbocycles. The summed E-state index contributed by atoms with van der Waals surface area (Å²) >= 11 is 0. The molecule has 0 aliphatic rings. The molecule has 0 saturated carbocycles. The Morgan fingerprint density at radius 3 is 2.65 bits per heavy atom. The normalized spacial score (nSPS) is 11.9. The summed E-state index contributed by atoms with van der Waals surface area (Å²) in [6.07, 6.45) is 0.273. The number of aryl methyl sites for hydroxylation is 1. The first kappa shape index (κ1) is 13.2. The highest BCUT2D eigenvalue weighted by atomic mass is 19.1. The van der Waals surface area contributed by atoms with Crippen LogP contribution >= 0.6 is 0 Å². The van der Waals surface area contributed by atoms with Crippen molar-refractivity contribution in [3.63, 3.8) is 0 Å². The van der Waals surface area contributed by atoms with Crippen LogP contribution in [0.5, 0.6) is 0 Å². The van der Waals surface area contributed by atoms with Crippen molar-refractivity contribution in [3.05, 3.63) is 35.1 Å². The van der Waals surface area contributed by atoms with Crippen molar-refractivity contribution in [2.24, 2.45) is 0 Å². The van der Waals surface area contributed by atoms with Crippen LogP contribution in [0.3, 0.4) is 0 Å². The average Bonchev–Trinajstić information content (AvgIpc) is 2.28. The van der Waals surface area contributed by atoms with Crippen LogP contribution in [0, 0.1) is 12.7 Å². The van der Waals surface area contributed by atoms with Crippen molar-refractivity contribution in [3.8, 4) is 0 Å². The van der Waals surface area contributed by atoms with E-state index in [-0.39, 0.29) is 12.0 Å². The van der Waals surface area contributed by atoms with Crippen molar-refractivity contribution in [1.29, 1.82) is 0 Å². The van der Waals surface area contributed by atoms with E-state index in [1.54, 1.807) is 13.8 Å². The van der Waals surface area contributed by atoms with Crippen molar-refractivity contribution in [1.82, 2.24) is 5.32 Å². The number of carbonyl (C=O) groups excluding carboxylic acids is 1. The first-order valence-electron chi connectivity index (χ1n) is 5.25. The van der Waals surface area contributed by atoms with Gasteiger partial charge in [-0.3, -0.25) is 4.79 Å². The molecule has 1 aromatic rings. The standard InChI is InChI=1S/C12H14FNO3/c1-3-10(12(16)17)14-11(15)9-6-8(13)5-4-7(9)2/h4-6,10H,3H2,1-2H3,(H,14,15)(H,16,17)/t10-/m1/s1. The fourth-order valence-electron chi connectivity index (χ4n) is 1.41. The second kappa shape index (κ2) is 5.43. The van der Waals surface area contributed by atoms with E-state index < -0.39 is 23.7 Å². The van der Waals surface area contributed by atoms with Gasteiger partial charge in [-0.15, -0.1) is 0 Å². The Morgan fingerprint density at radius 1 is 1.47 bits per heavy atom. The van der Waals surface area contributed by atoms with Crippen LogP contribution in [0.2, 0.25) is 0 Å². The summed E-state index contributed by atoms with van der Waals surface area (Å²) in [7, 11) is 0. The van der Waals surface area contributed by atoms with Gasteiger partial charge in [0.05, 0.1) is 0 Å². The van der Waals surface area contributed by atoms with Gasteiger partial charge in [-0.1, -0.05) is 13.0 Å². The number of hydrogen-bond donors (Lipinski definition) is 2. The molecule has 17 heavy (non-hydrogen) atoms. The van der Waals surface area contributed by atoms with Gasteiger partial charge in [-0.05, 0) is 31.0 Å². The molecule has 1 atom stereocenters. The zero-order valence-corrected chi connectivity index (χ0v) is 9.66. The van der Waals surface area contributed by atoms with Crippen molar-refractivity contribution in [2.45, 2.75) is 26.3 Å². The van der Waals surface area contributed by atoms with E-state index in [1.807, 2.05) is 0 Å². The van der Waals surface area contributed by atoms with Crippen LogP contribution in [-0.2, 0) is 4.79 Å². The SMILES string of the molecule is CC[C@@H](NC(=O)c1cc(F)ccc1C)C(=O)O. The third-order valence-electron chi connectivity index (χ3n) is 2.46. The number of aliphatic carboxylic acids is 1. The zero-order chi connectivity index (χ0) is 13.0. The number of carbonyl (C=O) groups is 2. The molecule has 0 aliphatic heterocycles. The van der Waals surface area contributed by atoms with Gasteiger partial charge in [0, 0.05) is 5.56 Å². The Labute approximate surface area is 98.5 Å². The quantitative estimate of drug-likeness (QED) is 0.840. The molecule has 0 saturated heterocycles. The van der Waals surface area contributed by atoms with E-state index in [0.717, 1.165) is 6.07 Å². The van der Waals surface area contributed by atoms with E-state index in [1.165, 1.54) is 12.1 Å². The van der Waals surface area contributed by atoms with Gasteiger partial charge in [0.25, 0.3) is 5.91 Å². The Balaban J connectivity index is 2.89. The number of amides is 1. The summed E-state index contributed by atoms with van der Waals surface area (Å²) in [5.74, 6) is -2.20.